The van der Waals surface area contributed by atoms with E-state index in [1.807, 2.05) is 17.5 Å². The van der Waals surface area contributed by atoms with Gasteiger partial charge in [0.1, 0.15) is 23.7 Å². The van der Waals surface area contributed by atoms with Gasteiger partial charge in [-0.2, -0.15) is 0 Å². The van der Waals surface area contributed by atoms with Gasteiger partial charge in [0.05, 0.1) is 6.61 Å². The van der Waals surface area contributed by atoms with Gasteiger partial charge in [-0.05, 0) is 24.4 Å². The Labute approximate surface area is 102 Å². The first-order valence-corrected chi connectivity index (χ1v) is 5.97. The number of furan rings is 1. The number of thiophene rings is 1. The smallest absolute Gasteiger partial charge is 0.339 e. The number of hydrogen-bond donors (Lipinski definition) is 1. The van der Waals surface area contributed by atoms with Crippen molar-refractivity contribution in [3.8, 4) is 0 Å². The molecule has 0 bridgehead atoms. The zero-order valence-electron chi connectivity index (χ0n) is 9.30. The second kappa shape index (κ2) is 5.16. The van der Waals surface area contributed by atoms with Gasteiger partial charge < -0.3 is 14.3 Å². The number of carboxylic acids is 1. The molecule has 17 heavy (non-hydrogen) atoms. The second-order valence-corrected chi connectivity index (χ2v) is 4.59. The second-order valence-electron chi connectivity index (χ2n) is 3.56. The van der Waals surface area contributed by atoms with Crippen molar-refractivity contribution in [2.45, 2.75) is 20.1 Å². The van der Waals surface area contributed by atoms with Crippen LogP contribution in [0, 0.1) is 6.92 Å². The summed E-state index contributed by atoms with van der Waals surface area (Å²) in [6, 6.07) is 5.45. The first-order valence-electron chi connectivity index (χ1n) is 5.09. The van der Waals surface area contributed by atoms with E-state index >= 15 is 0 Å². The van der Waals surface area contributed by atoms with Crippen molar-refractivity contribution in [2.24, 2.45) is 0 Å². The van der Waals surface area contributed by atoms with Gasteiger partial charge in [0, 0.05) is 4.88 Å². The molecule has 0 amide bonds. The fourth-order valence-electron chi connectivity index (χ4n) is 1.47. The van der Waals surface area contributed by atoms with Crippen molar-refractivity contribution in [2.75, 3.05) is 0 Å². The Kier molecular flexibility index (Phi) is 3.61. The molecule has 0 aromatic carbocycles. The van der Waals surface area contributed by atoms with Crippen molar-refractivity contribution in [1.82, 2.24) is 0 Å². The van der Waals surface area contributed by atoms with Crippen molar-refractivity contribution in [3.05, 3.63) is 45.5 Å². The zero-order chi connectivity index (χ0) is 12.3. The fourth-order valence-corrected chi connectivity index (χ4v) is 2.11. The summed E-state index contributed by atoms with van der Waals surface area (Å²) >= 11 is 1.62. The molecular formula is C12H12O4S. The van der Waals surface area contributed by atoms with Crippen molar-refractivity contribution >= 4 is 17.3 Å². The largest absolute Gasteiger partial charge is 0.478 e. The lowest BCUT2D eigenvalue weighted by atomic mass is 10.2. The van der Waals surface area contributed by atoms with Crippen LogP contribution in [0.4, 0.5) is 0 Å². The van der Waals surface area contributed by atoms with Crippen molar-refractivity contribution in [3.63, 3.8) is 0 Å². The average molecular weight is 252 g/mol. The summed E-state index contributed by atoms with van der Waals surface area (Å²) in [5, 5.41) is 10.8. The Morgan fingerprint density at radius 1 is 1.53 bits per heavy atom. The number of carboxylic acid groups (broad SMARTS) is 1. The summed E-state index contributed by atoms with van der Waals surface area (Å²) in [6.07, 6.45) is 0. The average Bonchev–Trinajstić information content (AvgIpc) is 2.88. The lowest BCUT2D eigenvalue weighted by molar-refractivity contribution is 0.0695. The molecular weight excluding hydrogens is 240 g/mol. The molecule has 2 heterocycles. The van der Waals surface area contributed by atoms with Crippen LogP contribution in [0.1, 0.15) is 26.8 Å². The van der Waals surface area contributed by atoms with Gasteiger partial charge in [-0.15, -0.1) is 11.3 Å². The molecule has 5 heteroatoms. The van der Waals surface area contributed by atoms with Gasteiger partial charge in [0.25, 0.3) is 0 Å². The predicted molar refractivity (Wildman–Crippen MR) is 63.2 cm³/mol. The summed E-state index contributed by atoms with van der Waals surface area (Å²) in [5.74, 6) is -0.0283. The molecule has 0 aliphatic carbocycles. The number of ether oxygens (including phenoxy) is 1. The summed E-state index contributed by atoms with van der Waals surface area (Å²) in [6.45, 7) is 2.43. The molecule has 2 aromatic rings. The van der Waals surface area contributed by atoms with E-state index < -0.39 is 5.97 Å². The van der Waals surface area contributed by atoms with Crippen LogP contribution in [0.2, 0.25) is 0 Å². The van der Waals surface area contributed by atoms with Gasteiger partial charge in [-0.3, -0.25) is 0 Å². The van der Waals surface area contributed by atoms with Gasteiger partial charge in [0.2, 0.25) is 0 Å². The summed E-state index contributed by atoms with van der Waals surface area (Å²) in [4.78, 5) is 11.9. The van der Waals surface area contributed by atoms with E-state index in [0.717, 1.165) is 4.88 Å². The summed E-state index contributed by atoms with van der Waals surface area (Å²) in [5.41, 5.74) is 0.194. The molecule has 0 saturated carbocycles. The van der Waals surface area contributed by atoms with Crippen LogP contribution >= 0.6 is 11.3 Å². The number of carbonyl (C=O) groups is 1. The number of rotatable bonds is 5. The van der Waals surface area contributed by atoms with E-state index in [0.29, 0.717) is 18.1 Å². The summed E-state index contributed by atoms with van der Waals surface area (Å²) < 4.78 is 10.7. The Morgan fingerprint density at radius 2 is 2.35 bits per heavy atom. The molecule has 2 aromatic heterocycles. The molecule has 90 valence electrons. The molecule has 2 rings (SSSR count). The lowest BCUT2D eigenvalue weighted by Gasteiger charge is -1.98. The van der Waals surface area contributed by atoms with Crippen LogP contribution < -0.4 is 0 Å². The molecule has 0 radical (unpaired) electrons. The Bertz CT molecular complexity index is 499. The molecule has 0 atom stereocenters. The first kappa shape index (κ1) is 11.9. The third-order valence-electron chi connectivity index (χ3n) is 2.27. The minimum atomic E-state index is -0.976. The molecule has 0 unspecified atom stereocenters. The minimum Gasteiger partial charge on any atom is -0.478 e. The Hall–Kier alpha value is -1.59. The third-order valence-corrected chi connectivity index (χ3v) is 3.12. The normalized spacial score (nSPS) is 10.6. The predicted octanol–water partition coefficient (Wildman–Crippen LogP) is 3.06. The topological polar surface area (TPSA) is 59.7 Å². The molecule has 4 nitrogen and oxygen atoms in total. The third kappa shape index (κ3) is 2.95. The number of aromatic carboxylic acids is 1. The Balaban J connectivity index is 1.91. The fraction of sp³-hybridized carbons (Fsp3) is 0.250. The zero-order valence-corrected chi connectivity index (χ0v) is 10.1. The SMILES string of the molecule is Cc1oc(COCc2cccs2)cc1C(=O)O. The maximum Gasteiger partial charge on any atom is 0.339 e. The highest BCUT2D eigenvalue weighted by Crippen LogP contribution is 2.17. The van der Waals surface area contributed by atoms with Crippen LogP contribution in [0.5, 0.6) is 0 Å². The molecule has 0 fully saturated rings. The maximum absolute atomic E-state index is 10.8. The van der Waals surface area contributed by atoms with Crippen molar-refractivity contribution in [1.29, 1.82) is 0 Å². The van der Waals surface area contributed by atoms with E-state index in [4.69, 9.17) is 14.3 Å². The van der Waals surface area contributed by atoms with Gasteiger partial charge >= 0.3 is 5.97 Å². The van der Waals surface area contributed by atoms with E-state index in [1.54, 1.807) is 18.3 Å². The number of aryl methyl sites for hydroxylation is 1. The lowest BCUT2D eigenvalue weighted by Crippen LogP contribution is -1.95. The van der Waals surface area contributed by atoms with Gasteiger partial charge in [0.15, 0.2) is 0 Å². The minimum absolute atomic E-state index is 0.194. The van der Waals surface area contributed by atoms with Crippen molar-refractivity contribution < 1.29 is 19.1 Å². The maximum atomic E-state index is 10.8. The highest BCUT2D eigenvalue weighted by molar-refractivity contribution is 7.09. The highest BCUT2D eigenvalue weighted by atomic mass is 32.1. The van der Waals surface area contributed by atoms with Gasteiger partial charge in [-0.25, -0.2) is 4.79 Å². The van der Waals surface area contributed by atoms with Crippen LogP contribution in [0.3, 0.4) is 0 Å². The molecule has 0 spiro atoms. The molecule has 0 saturated heterocycles. The van der Waals surface area contributed by atoms with E-state index in [1.165, 1.54) is 6.07 Å². The van der Waals surface area contributed by atoms with Crippen LogP contribution in [0.15, 0.2) is 28.0 Å². The highest BCUT2D eigenvalue weighted by Gasteiger charge is 2.13. The Morgan fingerprint density at radius 3 is 2.94 bits per heavy atom. The molecule has 0 aliphatic rings. The van der Waals surface area contributed by atoms with Crippen LogP contribution in [-0.2, 0) is 18.0 Å². The van der Waals surface area contributed by atoms with Crippen LogP contribution in [0.25, 0.3) is 0 Å². The monoisotopic (exact) mass is 252 g/mol. The van der Waals surface area contributed by atoms with E-state index in [2.05, 4.69) is 0 Å². The number of hydrogen-bond acceptors (Lipinski definition) is 4. The van der Waals surface area contributed by atoms with E-state index in [9.17, 15) is 4.79 Å². The summed E-state index contributed by atoms with van der Waals surface area (Å²) in [7, 11) is 0. The molecule has 0 aliphatic heterocycles. The van der Waals surface area contributed by atoms with E-state index in [-0.39, 0.29) is 12.2 Å². The molecule has 1 N–H and O–H groups in total. The van der Waals surface area contributed by atoms with Crippen LogP contribution in [-0.4, -0.2) is 11.1 Å². The first-order chi connectivity index (χ1) is 8.16. The standard InChI is InChI=1S/C12H12O4S/c1-8-11(12(13)14)5-9(16-8)6-15-7-10-3-2-4-17-10/h2-5H,6-7H2,1H3,(H,13,14). The van der Waals surface area contributed by atoms with Gasteiger partial charge in [-0.1, -0.05) is 6.07 Å². The quantitative estimate of drug-likeness (QED) is 0.888.